The molecule has 23 heavy (non-hydrogen) atoms. The van der Waals surface area contributed by atoms with Crippen LogP contribution >= 0.6 is 11.8 Å². The second-order valence-corrected chi connectivity index (χ2v) is 13.4. The van der Waals surface area contributed by atoms with Gasteiger partial charge in [0.2, 0.25) is 0 Å². The van der Waals surface area contributed by atoms with Crippen LogP contribution < -0.4 is 0 Å². The summed E-state index contributed by atoms with van der Waals surface area (Å²) in [6, 6.07) is 0. The number of hydrogen-bond acceptors (Lipinski definition) is 1. The van der Waals surface area contributed by atoms with Crippen molar-refractivity contribution in [1.82, 2.24) is 0 Å². The van der Waals surface area contributed by atoms with Crippen LogP contribution in [-0.2, 0) is 0 Å². The zero-order valence-corrected chi connectivity index (χ0v) is 15.4. The Morgan fingerprint density at radius 2 is 1.48 bits per heavy atom. The quantitative estimate of drug-likeness (QED) is 0.588. The van der Waals surface area contributed by atoms with Gasteiger partial charge >= 0.3 is 0 Å². The standard InChI is InChI=1S/C22H30S/c1-10-4-20-6-12-3-14-15(20)11(2)16-18-17(14)22(7-12)9-13(23-18)8-21(16,5-10)19(20)22/h10-19H,3-9H2,1-2H3. The van der Waals surface area contributed by atoms with Gasteiger partial charge in [-0.1, -0.05) is 13.8 Å². The first-order chi connectivity index (χ1) is 11.1. The monoisotopic (exact) mass is 326 g/mol. The maximum Gasteiger partial charge on any atom is 0.0123 e. The molecule has 3 spiro atoms. The summed E-state index contributed by atoms with van der Waals surface area (Å²) in [5.41, 5.74) is 2.54. The molecule has 2 heterocycles. The third-order valence-electron chi connectivity index (χ3n) is 11.4. The zero-order valence-electron chi connectivity index (χ0n) is 14.6. The largest absolute Gasteiger partial charge is 0.154 e. The first-order valence-corrected chi connectivity index (χ1v) is 11.7. The summed E-state index contributed by atoms with van der Waals surface area (Å²) in [5.74, 6) is 9.13. The lowest BCUT2D eigenvalue weighted by molar-refractivity contribution is -0.399. The van der Waals surface area contributed by atoms with Crippen molar-refractivity contribution in [3.8, 4) is 0 Å². The smallest absolute Gasteiger partial charge is 0.0123 e. The molecular formula is C22H30S. The number of thioether (sulfide) groups is 1. The highest BCUT2D eigenvalue weighted by Crippen LogP contribution is 2.93. The molecule has 0 aromatic rings. The fourth-order valence-electron chi connectivity index (χ4n) is 13.0. The fraction of sp³-hybridized carbons (Fsp3) is 1.00. The van der Waals surface area contributed by atoms with Crippen LogP contribution in [0.3, 0.4) is 0 Å². The lowest BCUT2D eigenvalue weighted by atomic mass is 9.16. The Morgan fingerprint density at radius 3 is 2.26 bits per heavy atom. The predicted octanol–water partition coefficient (Wildman–Crippen LogP) is 5.22. The predicted molar refractivity (Wildman–Crippen MR) is 94.1 cm³/mol. The van der Waals surface area contributed by atoms with E-state index in [0.29, 0.717) is 0 Å². The van der Waals surface area contributed by atoms with Crippen molar-refractivity contribution < 1.29 is 0 Å². The molecule has 0 nitrogen and oxygen atoms in total. The minimum atomic E-state index is 0.830. The first kappa shape index (κ1) is 12.7. The molecule has 11 bridgehead atoms. The summed E-state index contributed by atoms with van der Waals surface area (Å²) in [7, 11) is 0. The van der Waals surface area contributed by atoms with E-state index < -0.39 is 0 Å². The van der Waals surface area contributed by atoms with Crippen LogP contribution in [-0.4, -0.2) is 10.5 Å². The SMILES string of the molecule is CC1CC23CC4CC5C2C(C)C2C6SC7CC2(C1)C3C(C4)(C7)C56. The minimum absolute atomic E-state index is 0.830. The van der Waals surface area contributed by atoms with Gasteiger partial charge in [-0.25, -0.2) is 0 Å². The van der Waals surface area contributed by atoms with Gasteiger partial charge in [0.05, 0.1) is 0 Å². The lowest BCUT2D eigenvalue weighted by Crippen LogP contribution is -2.87. The Morgan fingerprint density at radius 1 is 0.783 bits per heavy atom. The molecule has 0 amide bonds. The molecule has 1 heteroatoms. The molecule has 13 atom stereocenters. The highest BCUT2D eigenvalue weighted by molar-refractivity contribution is 8.00. The van der Waals surface area contributed by atoms with Crippen LogP contribution in [0.4, 0.5) is 0 Å². The van der Waals surface area contributed by atoms with Crippen molar-refractivity contribution in [1.29, 1.82) is 0 Å². The van der Waals surface area contributed by atoms with Gasteiger partial charge < -0.3 is 0 Å². The summed E-state index contributed by atoms with van der Waals surface area (Å²) < 4.78 is 0. The molecule has 124 valence electrons. The highest BCUT2D eigenvalue weighted by atomic mass is 32.2. The van der Waals surface area contributed by atoms with E-state index in [0.717, 1.165) is 56.3 Å². The van der Waals surface area contributed by atoms with Crippen molar-refractivity contribution >= 4 is 11.8 Å². The van der Waals surface area contributed by atoms with Gasteiger partial charge in [-0.15, -0.1) is 0 Å². The number of rotatable bonds is 0. The third kappa shape index (κ3) is 0.957. The molecule has 13 unspecified atom stereocenters. The maximum atomic E-state index is 2.75. The molecule has 11 aliphatic rings. The summed E-state index contributed by atoms with van der Waals surface area (Å²) in [6.45, 7) is 5.40. The molecule has 2 aliphatic heterocycles. The Labute approximate surface area is 144 Å². The molecule has 0 aromatic carbocycles. The van der Waals surface area contributed by atoms with Crippen LogP contribution in [0.15, 0.2) is 0 Å². The van der Waals surface area contributed by atoms with E-state index in [1.807, 2.05) is 0 Å². The Hall–Kier alpha value is 0.350. The Kier molecular flexibility index (Phi) is 1.77. The second-order valence-electron chi connectivity index (χ2n) is 11.9. The zero-order chi connectivity index (χ0) is 14.9. The number of hydrogen-bond donors (Lipinski definition) is 0. The summed E-state index contributed by atoms with van der Waals surface area (Å²) in [5, 5.41) is 2.18. The first-order valence-electron chi connectivity index (χ1n) is 10.7. The van der Waals surface area contributed by atoms with E-state index in [1.165, 1.54) is 17.8 Å². The van der Waals surface area contributed by atoms with Gasteiger partial charge in [0.25, 0.3) is 0 Å². The molecule has 9 aliphatic carbocycles. The molecule has 2 saturated heterocycles. The molecule has 0 N–H and O–H groups in total. The average molecular weight is 327 g/mol. The van der Waals surface area contributed by atoms with Crippen LogP contribution in [0.1, 0.15) is 58.8 Å². The topological polar surface area (TPSA) is 0 Å². The molecule has 11 rings (SSSR count). The minimum Gasteiger partial charge on any atom is -0.154 e. The van der Waals surface area contributed by atoms with Gasteiger partial charge in [-0.05, 0) is 109 Å². The van der Waals surface area contributed by atoms with Gasteiger partial charge in [0.1, 0.15) is 0 Å². The van der Waals surface area contributed by atoms with E-state index in [9.17, 15) is 0 Å². The van der Waals surface area contributed by atoms with Crippen molar-refractivity contribution in [3.05, 3.63) is 0 Å². The van der Waals surface area contributed by atoms with Crippen molar-refractivity contribution in [2.45, 2.75) is 69.3 Å². The van der Waals surface area contributed by atoms with Gasteiger partial charge in [0.15, 0.2) is 0 Å². The van der Waals surface area contributed by atoms with Gasteiger partial charge in [0, 0.05) is 10.5 Å². The lowest BCUT2D eigenvalue weighted by Gasteiger charge is -2.91. The van der Waals surface area contributed by atoms with Crippen molar-refractivity contribution in [3.63, 3.8) is 0 Å². The van der Waals surface area contributed by atoms with E-state index in [4.69, 9.17) is 0 Å². The van der Waals surface area contributed by atoms with E-state index in [-0.39, 0.29) is 0 Å². The third-order valence-corrected chi connectivity index (χ3v) is 13.1. The molecule has 0 aromatic heterocycles. The molecule has 0 radical (unpaired) electrons. The van der Waals surface area contributed by atoms with Crippen LogP contribution in [0, 0.1) is 63.6 Å². The van der Waals surface area contributed by atoms with E-state index in [2.05, 4.69) is 25.6 Å². The molecule has 11 fully saturated rings. The van der Waals surface area contributed by atoms with Crippen LogP contribution in [0.5, 0.6) is 0 Å². The average Bonchev–Trinajstić information content (AvgIpc) is 2.42. The fourth-order valence-corrected chi connectivity index (χ4v) is 15.6. The summed E-state index contributed by atoms with van der Waals surface area (Å²) in [6.07, 6.45) is 11.6. The molecule has 9 saturated carbocycles. The van der Waals surface area contributed by atoms with Gasteiger partial charge in [-0.2, -0.15) is 11.8 Å². The highest BCUT2D eigenvalue weighted by Gasteiger charge is 2.88. The Balaban J connectivity index is 1.52. The van der Waals surface area contributed by atoms with Crippen molar-refractivity contribution in [2.75, 3.05) is 0 Å². The molecular weight excluding hydrogens is 296 g/mol. The summed E-state index contributed by atoms with van der Waals surface area (Å²) in [4.78, 5) is 0. The van der Waals surface area contributed by atoms with Crippen LogP contribution in [0.2, 0.25) is 0 Å². The van der Waals surface area contributed by atoms with Crippen molar-refractivity contribution in [2.24, 2.45) is 63.6 Å². The normalized spacial score (nSPS) is 80.6. The Bertz CT molecular complexity index is 598. The second kappa shape index (κ2) is 3.21. The van der Waals surface area contributed by atoms with Gasteiger partial charge in [-0.3, -0.25) is 0 Å². The van der Waals surface area contributed by atoms with E-state index in [1.54, 1.807) is 44.9 Å². The van der Waals surface area contributed by atoms with E-state index >= 15 is 0 Å². The van der Waals surface area contributed by atoms with Crippen LogP contribution in [0.25, 0.3) is 0 Å². The maximum absolute atomic E-state index is 2.75. The summed E-state index contributed by atoms with van der Waals surface area (Å²) >= 11 is 2.53.